The van der Waals surface area contributed by atoms with Gasteiger partial charge in [0.2, 0.25) is 5.95 Å². The molecule has 1 atom stereocenters. The highest BCUT2D eigenvalue weighted by Gasteiger charge is 2.28. The summed E-state index contributed by atoms with van der Waals surface area (Å²) in [6.45, 7) is 5.81. The van der Waals surface area contributed by atoms with Crippen molar-refractivity contribution in [3.63, 3.8) is 0 Å². The van der Waals surface area contributed by atoms with E-state index in [1.54, 1.807) is 30.1 Å². The smallest absolute Gasteiger partial charge is 0.315 e. The van der Waals surface area contributed by atoms with Crippen LogP contribution in [-0.4, -0.2) is 40.8 Å². The average molecular weight is 506 g/mol. The van der Waals surface area contributed by atoms with Crippen molar-refractivity contribution in [2.45, 2.75) is 57.9 Å². The van der Waals surface area contributed by atoms with Gasteiger partial charge in [0.1, 0.15) is 12.1 Å². The number of benzene rings is 1. The Morgan fingerprint density at radius 3 is 2.73 bits per heavy atom. The van der Waals surface area contributed by atoms with Gasteiger partial charge in [0.15, 0.2) is 17.5 Å². The molecule has 0 radical (unpaired) electrons. The Bertz CT molecular complexity index is 1440. The van der Waals surface area contributed by atoms with Gasteiger partial charge in [-0.2, -0.15) is 15.1 Å². The third-order valence-corrected chi connectivity index (χ3v) is 6.19. The molecule has 5 rings (SSSR count). The van der Waals surface area contributed by atoms with Crippen molar-refractivity contribution in [1.29, 1.82) is 0 Å². The molecule has 1 aliphatic rings. The Morgan fingerprint density at radius 1 is 1.16 bits per heavy atom. The number of carbonyl (C=O) groups is 1. The molecule has 0 saturated heterocycles. The van der Waals surface area contributed by atoms with Gasteiger partial charge < -0.3 is 15.2 Å². The molecule has 0 spiro atoms. The molecule has 1 aromatic carbocycles. The zero-order chi connectivity index (χ0) is 26.2. The van der Waals surface area contributed by atoms with Gasteiger partial charge in [0.05, 0.1) is 11.6 Å². The predicted octanol–water partition coefficient (Wildman–Crippen LogP) is 4.03. The van der Waals surface area contributed by atoms with Crippen LogP contribution < -0.4 is 10.6 Å². The quantitative estimate of drug-likeness (QED) is 0.385. The fourth-order valence-corrected chi connectivity index (χ4v) is 4.27. The van der Waals surface area contributed by atoms with Crippen LogP contribution in [0.1, 0.15) is 73.7 Å². The van der Waals surface area contributed by atoms with Crippen LogP contribution in [0.4, 0.5) is 16.2 Å². The molecule has 1 amide bonds. The molecule has 0 aliphatic heterocycles. The number of carbonyl (C=O) groups excluding carboxylic acids is 1. The van der Waals surface area contributed by atoms with Crippen molar-refractivity contribution >= 4 is 17.7 Å². The van der Waals surface area contributed by atoms with E-state index in [1.807, 2.05) is 26.8 Å². The summed E-state index contributed by atoms with van der Waals surface area (Å²) in [4.78, 5) is 29.8. The van der Waals surface area contributed by atoms with Gasteiger partial charge in [-0.25, -0.2) is 14.4 Å². The van der Waals surface area contributed by atoms with Gasteiger partial charge in [-0.1, -0.05) is 38.4 Å². The lowest BCUT2D eigenvalue weighted by atomic mass is 9.95. The largest absolute Gasteiger partial charge is 0.341 e. The standard InChI is InChI=1S/C25H28FN9O2/c1-25(2,3)23-32-22(37-34-23)21(36)29-17-8-6-5-7-15-14(17)9-10-16(19(15)26)20-27-13-28-24(31-20)30-18-11-12-35(4)33-18/h9-13,17H,5-8H2,1-4H3,(H,29,36)(H,27,28,30,31,33)/t17-/m0/s1. The fourth-order valence-electron chi connectivity index (χ4n) is 4.27. The van der Waals surface area contributed by atoms with E-state index in [-0.39, 0.29) is 28.6 Å². The topological polar surface area (TPSA) is 137 Å². The van der Waals surface area contributed by atoms with Crippen molar-refractivity contribution < 1.29 is 13.7 Å². The Balaban J connectivity index is 1.41. The van der Waals surface area contributed by atoms with Gasteiger partial charge in [-0.3, -0.25) is 9.48 Å². The number of anilines is 2. The molecule has 3 aromatic heterocycles. The normalized spacial score (nSPS) is 15.6. The number of hydrogen-bond donors (Lipinski definition) is 2. The molecular formula is C25H28FN9O2. The van der Waals surface area contributed by atoms with E-state index in [0.29, 0.717) is 30.0 Å². The van der Waals surface area contributed by atoms with Gasteiger partial charge >= 0.3 is 11.8 Å². The summed E-state index contributed by atoms with van der Waals surface area (Å²) in [6, 6.07) is 4.86. The molecule has 4 aromatic rings. The lowest BCUT2D eigenvalue weighted by molar-refractivity contribution is 0.0890. The van der Waals surface area contributed by atoms with Crippen LogP contribution in [0.5, 0.6) is 0 Å². The molecule has 0 fully saturated rings. The number of nitrogens with zero attached hydrogens (tertiary/aromatic N) is 7. The van der Waals surface area contributed by atoms with E-state index in [0.717, 1.165) is 18.4 Å². The first-order valence-electron chi connectivity index (χ1n) is 12.1. The molecule has 12 heteroatoms. The van der Waals surface area contributed by atoms with Gasteiger partial charge in [-0.15, -0.1) is 0 Å². The summed E-state index contributed by atoms with van der Waals surface area (Å²) in [5, 5.41) is 14.1. The van der Waals surface area contributed by atoms with Crippen molar-refractivity contribution in [3.8, 4) is 11.4 Å². The monoisotopic (exact) mass is 505 g/mol. The maximum absolute atomic E-state index is 15.9. The van der Waals surface area contributed by atoms with Crippen LogP contribution in [0, 0.1) is 5.82 Å². The average Bonchev–Trinajstić information content (AvgIpc) is 3.46. The van der Waals surface area contributed by atoms with Crippen molar-refractivity contribution in [2.24, 2.45) is 7.05 Å². The van der Waals surface area contributed by atoms with Crippen LogP contribution in [0.25, 0.3) is 11.4 Å². The minimum absolute atomic E-state index is 0.106. The SMILES string of the molecule is Cn1ccc(Nc2ncnc(-c3ccc4c(c3F)CCCC[C@@H]4NC(=O)c3nc(C(C)(C)C)no3)n2)n1. The summed E-state index contributed by atoms with van der Waals surface area (Å²) in [5.41, 5.74) is 1.19. The summed E-state index contributed by atoms with van der Waals surface area (Å²) in [7, 11) is 1.80. The third-order valence-electron chi connectivity index (χ3n) is 6.19. The second kappa shape index (κ2) is 9.68. The first-order valence-corrected chi connectivity index (χ1v) is 12.1. The summed E-state index contributed by atoms with van der Waals surface area (Å²) in [6.07, 6.45) is 5.95. The number of aromatic nitrogens is 7. The van der Waals surface area contributed by atoms with E-state index in [1.165, 1.54) is 6.33 Å². The molecular weight excluding hydrogens is 477 g/mol. The number of halogens is 1. The highest BCUT2D eigenvalue weighted by molar-refractivity contribution is 5.89. The van der Waals surface area contributed by atoms with Crippen LogP contribution in [0.15, 0.2) is 35.2 Å². The van der Waals surface area contributed by atoms with Crippen LogP contribution in [0.2, 0.25) is 0 Å². The molecule has 0 saturated carbocycles. The number of amides is 1. The van der Waals surface area contributed by atoms with E-state index in [4.69, 9.17) is 4.52 Å². The Labute approximate surface area is 212 Å². The number of rotatable bonds is 5. The number of hydrogen-bond acceptors (Lipinski definition) is 9. The molecule has 0 unspecified atom stereocenters. The lowest BCUT2D eigenvalue weighted by Gasteiger charge is -2.20. The second-order valence-electron chi connectivity index (χ2n) is 10.1. The Morgan fingerprint density at radius 2 is 2.00 bits per heavy atom. The van der Waals surface area contributed by atoms with Crippen molar-refractivity contribution in [1.82, 2.24) is 40.2 Å². The molecule has 37 heavy (non-hydrogen) atoms. The van der Waals surface area contributed by atoms with Crippen molar-refractivity contribution in [3.05, 3.63) is 59.4 Å². The van der Waals surface area contributed by atoms with Gasteiger partial charge in [-0.05, 0) is 36.5 Å². The molecule has 11 nitrogen and oxygen atoms in total. The summed E-state index contributed by atoms with van der Waals surface area (Å²) >= 11 is 0. The molecule has 0 bridgehead atoms. The lowest BCUT2D eigenvalue weighted by Crippen LogP contribution is -2.29. The van der Waals surface area contributed by atoms with Crippen LogP contribution in [-0.2, 0) is 18.9 Å². The maximum Gasteiger partial charge on any atom is 0.315 e. The first-order chi connectivity index (χ1) is 17.7. The molecule has 1 aliphatic carbocycles. The third kappa shape index (κ3) is 5.18. The highest BCUT2D eigenvalue weighted by Crippen LogP contribution is 2.34. The first kappa shape index (κ1) is 24.5. The summed E-state index contributed by atoms with van der Waals surface area (Å²) < 4.78 is 22.7. The molecule has 2 N–H and O–H groups in total. The predicted molar refractivity (Wildman–Crippen MR) is 132 cm³/mol. The van der Waals surface area contributed by atoms with Gasteiger partial charge in [0, 0.05) is 24.7 Å². The van der Waals surface area contributed by atoms with E-state index in [2.05, 4.69) is 40.8 Å². The number of nitrogens with one attached hydrogen (secondary N) is 2. The number of fused-ring (bicyclic) bond motifs is 1. The zero-order valence-electron chi connectivity index (χ0n) is 21.1. The molecule has 3 heterocycles. The van der Waals surface area contributed by atoms with E-state index in [9.17, 15) is 4.79 Å². The maximum atomic E-state index is 15.9. The van der Waals surface area contributed by atoms with Crippen LogP contribution in [0.3, 0.4) is 0 Å². The van der Waals surface area contributed by atoms with Crippen molar-refractivity contribution in [2.75, 3.05) is 5.32 Å². The van der Waals surface area contributed by atoms with Crippen LogP contribution >= 0.6 is 0 Å². The Hall–Kier alpha value is -4.22. The zero-order valence-corrected chi connectivity index (χ0v) is 21.1. The molecule has 192 valence electrons. The Kier molecular flexibility index (Phi) is 6.40. The minimum Gasteiger partial charge on any atom is -0.341 e. The van der Waals surface area contributed by atoms with Gasteiger partial charge in [0.25, 0.3) is 0 Å². The van der Waals surface area contributed by atoms with E-state index < -0.39 is 17.8 Å². The fraction of sp³-hybridized carbons (Fsp3) is 0.400. The second-order valence-corrected chi connectivity index (χ2v) is 10.1. The summed E-state index contributed by atoms with van der Waals surface area (Å²) in [5.74, 6) is 0.497. The number of aryl methyl sites for hydroxylation is 1. The van der Waals surface area contributed by atoms with E-state index >= 15 is 4.39 Å². The highest BCUT2D eigenvalue weighted by atomic mass is 19.1. The minimum atomic E-state index is -0.479.